The van der Waals surface area contributed by atoms with Gasteiger partial charge in [-0.2, -0.15) is 0 Å². The zero-order valence-electron chi connectivity index (χ0n) is 9.90. The van der Waals surface area contributed by atoms with Crippen LogP contribution < -0.4 is 4.90 Å². The lowest BCUT2D eigenvalue weighted by Gasteiger charge is -2.34. The van der Waals surface area contributed by atoms with E-state index < -0.39 is 0 Å². The van der Waals surface area contributed by atoms with Crippen LogP contribution in [-0.2, 0) is 4.74 Å². The average molecular weight is 209 g/mol. The molecular formula is C11H19N3O. The Morgan fingerprint density at radius 3 is 2.20 bits per heavy atom. The summed E-state index contributed by atoms with van der Waals surface area (Å²) >= 11 is 0. The Morgan fingerprint density at radius 2 is 1.80 bits per heavy atom. The van der Waals surface area contributed by atoms with Gasteiger partial charge in [-0.25, -0.2) is 9.97 Å². The van der Waals surface area contributed by atoms with Crippen molar-refractivity contribution in [3.05, 3.63) is 18.0 Å². The molecule has 84 valence electrons. The van der Waals surface area contributed by atoms with Crippen LogP contribution in [-0.4, -0.2) is 36.3 Å². The smallest absolute Gasteiger partial charge is 0.225 e. The largest absolute Gasteiger partial charge is 0.377 e. The second-order valence-electron chi connectivity index (χ2n) is 3.36. The minimum Gasteiger partial charge on any atom is -0.377 e. The van der Waals surface area contributed by atoms with Crippen molar-refractivity contribution in [3.63, 3.8) is 0 Å². The molecule has 15 heavy (non-hydrogen) atoms. The first-order valence-electron chi connectivity index (χ1n) is 5.36. The van der Waals surface area contributed by atoms with E-state index in [4.69, 9.17) is 4.74 Å². The lowest BCUT2D eigenvalue weighted by Crippen LogP contribution is -2.47. The number of ether oxygens (including phenoxy) is 1. The average Bonchev–Trinajstić information content (AvgIpc) is 2.19. The van der Waals surface area contributed by atoms with Crippen LogP contribution in [0.4, 0.5) is 5.95 Å². The third-order valence-electron chi connectivity index (χ3n) is 2.25. The molecule has 1 aromatic rings. The fraction of sp³-hybridized carbons (Fsp3) is 0.636. The van der Waals surface area contributed by atoms with E-state index in [0.29, 0.717) is 6.04 Å². The van der Waals surface area contributed by atoms with E-state index in [-0.39, 0.29) is 0 Å². The molecule has 2 rings (SSSR count). The Bertz CT molecular complexity index is 282. The normalized spacial score (nSPS) is 14.9. The zero-order valence-corrected chi connectivity index (χ0v) is 9.90. The van der Waals surface area contributed by atoms with Crippen LogP contribution in [0.5, 0.6) is 0 Å². The van der Waals surface area contributed by atoms with Crippen LogP contribution in [0.2, 0.25) is 0 Å². The van der Waals surface area contributed by atoms with E-state index in [0.717, 1.165) is 24.7 Å². The number of rotatable bonds is 2. The molecule has 4 heteroatoms. The number of aryl methyl sites for hydroxylation is 1. The Hall–Kier alpha value is -1.16. The number of likely N-dealkylation sites (N-methyl/N-ethyl adjacent to an activating group) is 1. The summed E-state index contributed by atoms with van der Waals surface area (Å²) in [4.78, 5) is 10.5. The number of hydrogen-bond donors (Lipinski definition) is 0. The first kappa shape index (κ1) is 11.9. The minimum atomic E-state index is 0.447. The van der Waals surface area contributed by atoms with Gasteiger partial charge in [-0.1, -0.05) is 13.8 Å². The molecule has 0 amide bonds. The van der Waals surface area contributed by atoms with Gasteiger partial charge in [-0.05, 0) is 12.5 Å². The highest BCUT2D eigenvalue weighted by Crippen LogP contribution is 2.14. The highest BCUT2D eigenvalue weighted by molar-refractivity contribution is 5.30. The molecule has 4 nitrogen and oxygen atoms in total. The van der Waals surface area contributed by atoms with E-state index in [1.807, 2.05) is 40.2 Å². The SMILES string of the molecule is CC.Cc1cnc(N(C)C2COC2)nc1. The highest BCUT2D eigenvalue weighted by atomic mass is 16.5. The molecule has 0 bridgehead atoms. The summed E-state index contributed by atoms with van der Waals surface area (Å²) in [6.45, 7) is 7.55. The van der Waals surface area contributed by atoms with Crippen molar-refractivity contribution in [3.8, 4) is 0 Å². The summed E-state index contributed by atoms with van der Waals surface area (Å²) in [5.41, 5.74) is 1.09. The molecule has 1 saturated heterocycles. The first-order valence-corrected chi connectivity index (χ1v) is 5.36. The first-order chi connectivity index (χ1) is 7.27. The maximum absolute atomic E-state index is 5.10. The van der Waals surface area contributed by atoms with Crippen molar-refractivity contribution < 1.29 is 4.74 Å². The summed E-state index contributed by atoms with van der Waals surface area (Å²) in [5, 5.41) is 0. The zero-order chi connectivity index (χ0) is 11.3. The quantitative estimate of drug-likeness (QED) is 0.742. The van der Waals surface area contributed by atoms with Crippen LogP contribution in [0.1, 0.15) is 19.4 Å². The van der Waals surface area contributed by atoms with Crippen LogP contribution >= 0.6 is 0 Å². The number of hydrogen-bond acceptors (Lipinski definition) is 4. The fourth-order valence-electron chi connectivity index (χ4n) is 1.18. The molecule has 0 radical (unpaired) electrons. The van der Waals surface area contributed by atoms with Gasteiger partial charge in [-0.15, -0.1) is 0 Å². The van der Waals surface area contributed by atoms with Crippen molar-refractivity contribution in [2.75, 3.05) is 25.2 Å². The van der Waals surface area contributed by atoms with Crippen LogP contribution in [0.25, 0.3) is 0 Å². The molecule has 0 aliphatic carbocycles. The Labute approximate surface area is 91.3 Å². The minimum absolute atomic E-state index is 0.447. The van der Waals surface area contributed by atoms with Gasteiger partial charge < -0.3 is 9.64 Å². The van der Waals surface area contributed by atoms with Crippen molar-refractivity contribution in [1.82, 2.24) is 9.97 Å². The van der Waals surface area contributed by atoms with Gasteiger partial charge >= 0.3 is 0 Å². The molecule has 1 aliphatic rings. The summed E-state index contributed by atoms with van der Waals surface area (Å²) in [7, 11) is 2.00. The predicted octanol–water partition coefficient (Wildman–Crippen LogP) is 1.65. The summed E-state index contributed by atoms with van der Waals surface area (Å²) in [6.07, 6.45) is 3.66. The predicted molar refractivity (Wildman–Crippen MR) is 61.1 cm³/mol. The lowest BCUT2D eigenvalue weighted by molar-refractivity contribution is 0.00960. The Kier molecular flexibility index (Phi) is 4.49. The molecule has 0 atom stereocenters. The Morgan fingerprint density at radius 1 is 1.27 bits per heavy atom. The van der Waals surface area contributed by atoms with Gasteiger partial charge in [0.15, 0.2) is 0 Å². The maximum atomic E-state index is 5.10. The molecule has 1 fully saturated rings. The number of anilines is 1. The number of aromatic nitrogens is 2. The van der Waals surface area contributed by atoms with E-state index in [9.17, 15) is 0 Å². The second-order valence-corrected chi connectivity index (χ2v) is 3.36. The number of nitrogens with zero attached hydrogens (tertiary/aromatic N) is 3. The van der Waals surface area contributed by atoms with E-state index in [1.165, 1.54) is 0 Å². The standard InChI is InChI=1S/C9H13N3O.C2H6/c1-7-3-10-9(11-4-7)12(2)8-5-13-6-8;1-2/h3-4,8H,5-6H2,1-2H3;1-2H3. The van der Waals surface area contributed by atoms with Gasteiger partial charge in [0, 0.05) is 19.4 Å². The van der Waals surface area contributed by atoms with Gasteiger partial charge in [0.1, 0.15) is 0 Å². The lowest BCUT2D eigenvalue weighted by atomic mass is 10.2. The van der Waals surface area contributed by atoms with Gasteiger partial charge in [0.2, 0.25) is 5.95 Å². The highest BCUT2D eigenvalue weighted by Gasteiger charge is 2.24. The molecule has 2 heterocycles. The van der Waals surface area contributed by atoms with Crippen LogP contribution in [0.3, 0.4) is 0 Å². The van der Waals surface area contributed by atoms with Gasteiger partial charge in [0.25, 0.3) is 0 Å². The van der Waals surface area contributed by atoms with E-state index in [1.54, 1.807) is 0 Å². The van der Waals surface area contributed by atoms with Crippen LogP contribution in [0.15, 0.2) is 12.4 Å². The molecule has 0 aromatic carbocycles. The van der Waals surface area contributed by atoms with Gasteiger partial charge in [-0.3, -0.25) is 0 Å². The molecule has 1 aliphatic heterocycles. The monoisotopic (exact) mass is 209 g/mol. The molecule has 0 saturated carbocycles. The van der Waals surface area contributed by atoms with Crippen molar-refractivity contribution in [2.24, 2.45) is 0 Å². The second kappa shape index (κ2) is 5.66. The van der Waals surface area contributed by atoms with Crippen LogP contribution in [0, 0.1) is 6.92 Å². The topological polar surface area (TPSA) is 38.2 Å². The van der Waals surface area contributed by atoms with Crippen molar-refractivity contribution in [2.45, 2.75) is 26.8 Å². The van der Waals surface area contributed by atoms with Crippen molar-refractivity contribution >= 4 is 5.95 Å². The van der Waals surface area contributed by atoms with E-state index in [2.05, 4.69) is 14.9 Å². The Balaban J connectivity index is 0.000000531. The molecule has 0 unspecified atom stereocenters. The summed E-state index contributed by atoms with van der Waals surface area (Å²) in [6, 6.07) is 0.447. The van der Waals surface area contributed by atoms with Gasteiger partial charge in [0.05, 0.1) is 19.3 Å². The third kappa shape index (κ3) is 2.89. The van der Waals surface area contributed by atoms with Crippen molar-refractivity contribution in [1.29, 1.82) is 0 Å². The summed E-state index contributed by atoms with van der Waals surface area (Å²) < 4.78 is 5.10. The third-order valence-corrected chi connectivity index (χ3v) is 2.25. The molecule has 1 aromatic heterocycles. The molecular weight excluding hydrogens is 190 g/mol. The van der Waals surface area contributed by atoms with E-state index >= 15 is 0 Å². The summed E-state index contributed by atoms with van der Waals surface area (Å²) in [5.74, 6) is 0.777. The molecule has 0 spiro atoms. The molecule has 0 N–H and O–H groups in total. The maximum Gasteiger partial charge on any atom is 0.225 e. The fourth-order valence-corrected chi connectivity index (χ4v) is 1.18.